The van der Waals surface area contributed by atoms with Gasteiger partial charge in [-0.3, -0.25) is 0 Å². The SMILES string of the molecule is CCNC(CCC1CC1)C1C2CCCC21. The van der Waals surface area contributed by atoms with Crippen molar-refractivity contribution in [2.24, 2.45) is 23.7 Å². The van der Waals surface area contributed by atoms with Crippen molar-refractivity contribution in [3.05, 3.63) is 0 Å². The predicted molar refractivity (Wildman–Crippen MR) is 63.7 cm³/mol. The molecule has 3 saturated carbocycles. The second-order valence-electron chi connectivity index (χ2n) is 6.02. The quantitative estimate of drug-likeness (QED) is 0.705. The Kier molecular flexibility index (Phi) is 2.76. The zero-order valence-electron chi connectivity index (χ0n) is 10.0. The molecule has 0 aromatic carbocycles. The molecule has 0 aromatic heterocycles. The first-order chi connectivity index (χ1) is 7.40. The molecule has 3 rings (SSSR count). The molecule has 15 heavy (non-hydrogen) atoms. The van der Waals surface area contributed by atoms with Crippen molar-refractivity contribution in [1.82, 2.24) is 5.32 Å². The van der Waals surface area contributed by atoms with Crippen molar-refractivity contribution in [1.29, 1.82) is 0 Å². The minimum Gasteiger partial charge on any atom is -0.314 e. The lowest BCUT2D eigenvalue weighted by atomic mass is 9.98. The molecule has 86 valence electrons. The topological polar surface area (TPSA) is 12.0 Å². The average Bonchev–Trinajstić information content (AvgIpc) is 3.14. The second-order valence-corrected chi connectivity index (χ2v) is 6.02. The molecule has 0 heterocycles. The van der Waals surface area contributed by atoms with Crippen molar-refractivity contribution in [2.75, 3.05) is 6.54 Å². The smallest absolute Gasteiger partial charge is 0.0101 e. The second kappa shape index (κ2) is 4.08. The average molecular weight is 207 g/mol. The standard InChI is InChI=1S/C14H25N/c1-2-15-13(9-8-10-6-7-10)14-11-4-3-5-12(11)14/h10-15H,2-9H2,1H3. The molecule has 0 aliphatic heterocycles. The zero-order chi connectivity index (χ0) is 10.3. The summed E-state index contributed by atoms with van der Waals surface area (Å²) in [5, 5.41) is 3.76. The fraction of sp³-hybridized carbons (Fsp3) is 1.00. The van der Waals surface area contributed by atoms with Crippen LogP contribution in [-0.4, -0.2) is 12.6 Å². The van der Waals surface area contributed by atoms with E-state index in [1.165, 1.54) is 38.6 Å². The van der Waals surface area contributed by atoms with Gasteiger partial charge in [0.25, 0.3) is 0 Å². The van der Waals surface area contributed by atoms with Crippen molar-refractivity contribution in [3.63, 3.8) is 0 Å². The molecule has 0 amide bonds. The first-order valence-electron chi connectivity index (χ1n) is 7.13. The molecule has 1 heteroatoms. The molecule has 1 N–H and O–H groups in total. The Morgan fingerprint density at radius 2 is 1.87 bits per heavy atom. The highest BCUT2D eigenvalue weighted by molar-refractivity contribution is 5.06. The first-order valence-corrected chi connectivity index (χ1v) is 7.13. The van der Waals surface area contributed by atoms with Gasteiger partial charge in [-0.05, 0) is 55.9 Å². The Hall–Kier alpha value is -0.0400. The van der Waals surface area contributed by atoms with Gasteiger partial charge in [-0.1, -0.05) is 26.2 Å². The minimum absolute atomic E-state index is 0.880. The van der Waals surface area contributed by atoms with Gasteiger partial charge in [0.2, 0.25) is 0 Å². The van der Waals surface area contributed by atoms with Crippen LogP contribution in [0.25, 0.3) is 0 Å². The highest BCUT2D eigenvalue weighted by Gasteiger charge is 2.55. The van der Waals surface area contributed by atoms with Crippen LogP contribution in [0.2, 0.25) is 0 Å². The van der Waals surface area contributed by atoms with E-state index in [0.717, 1.165) is 29.7 Å². The van der Waals surface area contributed by atoms with Crippen molar-refractivity contribution in [2.45, 2.75) is 57.9 Å². The molecule has 3 atom stereocenters. The summed E-state index contributed by atoms with van der Waals surface area (Å²) >= 11 is 0. The molecule has 0 aromatic rings. The number of fused-ring (bicyclic) bond motifs is 1. The Balaban J connectivity index is 1.49. The Bertz CT molecular complexity index is 211. The molecule has 3 fully saturated rings. The van der Waals surface area contributed by atoms with E-state index in [1.807, 2.05) is 0 Å². The fourth-order valence-corrected chi connectivity index (χ4v) is 3.99. The largest absolute Gasteiger partial charge is 0.314 e. The summed E-state index contributed by atoms with van der Waals surface area (Å²) in [4.78, 5) is 0. The molecule has 0 bridgehead atoms. The normalized spacial score (nSPS) is 40.2. The van der Waals surface area contributed by atoms with Gasteiger partial charge in [-0.25, -0.2) is 0 Å². The van der Waals surface area contributed by atoms with E-state index >= 15 is 0 Å². The Labute approximate surface area is 94.0 Å². The zero-order valence-corrected chi connectivity index (χ0v) is 10.0. The van der Waals surface area contributed by atoms with E-state index in [4.69, 9.17) is 0 Å². The summed E-state index contributed by atoms with van der Waals surface area (Å²) < 4.78 is 0. The molecule has 3 unspecified atom stereocenters. The Morgan fingerprint density at radius 1 is 1.13 bits per heavy atom. The molecular weight excluding hydrogens is 182 g/mol. The van der Waals surface area contributed by atoms with E-state index in [9.17, 15) is 0 Å². The third-order valence-electron chi connectivity index (χ3n) is 4.99. The van der Waals surface area contributed by atoms with Crippen LogP contribution in [0.3, 0.4) is 0 Å². The summed E-state index contributed by atoms with van der Waals surface area (Å²) in [5.41, 5.74) is 0. The summed E-state index contributed by atoms with van der Waals surface area (Å²) in [6, 6.07) is 0.880. The summed E-state index contributed by atoms with van der Waals surface area (Å²) in [7, 11) is 0. The molecular formula is C14H25N. The first kappa shape index (κ1) is 10.1. The molecule has 3 aliphatic carbocycles. The van der Waals surface area contributed by atoms with E-state index in [1.54, 1.807) is 12.8 Å². The maximum atomic E-state index is 3.76. The monoisotopic (exact) mass is 207 g/mol. The predicted octanol–water partition coefficient (Wildman–Crippen LogP) is 3.20. The van der Waals surface area contributed by atoms with Gasteiger partial charge in [0.15, 0.2) is 0 Å². The molecule has 0 saturated heterocycles. The van der Waals surface area contributed by atoms with Gasteiger partial charge in [-0.15, -0.1) is 0 Å². The lowest BCUT2D eigenvalue weighted by Crippen LogP contribution is -2.32. The fourth-order valence-electron chi connectivity index (χ4n) is 3.99. The van der Waals surface area contributed by atoms with Crippen LogP contribution in [-0.2, 0) is 0 Å². The van der Waals surface area contributed by atoms with Gasteiger partial charge in [0.1, 0.15) is 0 Å². The van der Waals surface area contributed by atoms with Crippen LogP contribution >= 0.6 is 0 Å². The Morgan fingerprint density at radius 3 is 2.47 bits per heavy atom. The van der Waals surface area contributed by atoms with Crippen LogP contribution in [0.4, 0.5) is 0 Å². The van der Waals surface area contributed by atoms with E-state index in [-0.39, 0.29) is 0 Å². The summed E-state index contributed by atoms with van der Waals surface area (Å²) in [5.74, 6) is 4.46. The van der Waals surface area contributed by atoms with Crippen LogP contribution in [0, 0.1) is 23.7 Å². The van der Waals surface area contributed by atoms with Crippen LogP contribution in [0.1, 0.15) is 51.9 Å². The van der Waals surface area contributed by atoms with E-state index < -0.39 is 0 Å². The highest BCUT2D eigenvalue weighted by Crippen LogP contribution is 2.59. The van der Waals surface area contributed by atoms with Gasteiger partial charge >= 0.3 is 0 Å². The van der Waals surface area contributed by atoms with E-state index in [2.05, 4.69) is 12.2 Å². The number of hydrogen-bond acceptors (Lipinski definition) is 1. The number of nitrogens with one attached hydrogen (secondary N) is 1. The van der Waals surface area contributed by atoms with Crippen LogP contribution in [0.5, 0.6) is 0 Å². The number of hydrogen-bond donors (Lipinski definition) is 1. The van der Waals surface area contributed by atoms with Gasteiger partial charge in [0, 0.05) is 6.04 Å². The minimum atomic E-state index is 0.880. The third kappa shape index (κ3) is 2.08. The molecule has 0 spiro atoms. The van der Waals surface area contributed by atoms with Crippen LogP contribution in [0.15, 0.2) is 0 Å². The summed E-state index contributed by atoms with van der Waals surface area (Å²) in [6.45, 7) is 3.44. The van der Waals surface area contributed by atoms with Gasteiger partial charge in [0.05, 0.1) is 0 Å². The van der Waals surface area contributed by atoms with Crippen molar-refractivity contribution in [3.8, 4) is 0 Å². The maximum absolute atomic E-state index is 3.76. The van der Waals surface area contributed by atoms with Gasteiger partial charge in [-0.2, -0.15) is 0 Å². The molecule has 0 radical (unpaired) electrons. The summed E-state index contributed by atoms with van der Waals surface area (Å²) in [6.07, 6.45) is 10.6. The molecule has 3 aliphatic rings. The maximum Gasteiger partial charge on any atom is 0.0101 e. The third-order valence-corrected chi connectivity index (χ3v) is 4.99. The van der Waals surface area contributed by atoms with Gasteiger partial charge < -0.3 is 5.32 Å². The number of rotatable bonds is 6. The molecule has 1 nitrogen and oxygen atoms in total. The van der Waals surface area contributed by atoms with Crippen LogP contribution < -0.4 is 5.32 Å². The lowest BCUT2D eigenvalue weighted by molar-refractivity contribution is 0.377. The lowest BCUT2D eigenvalue weighted by Gasteiger charge is -2.19. The van der Waals surface area contributed by atoms with E-state index in [0.29, 0.717) is 0 Å². The van der Waals surface area contributed by atoms with Crippen molar-refractivity contribution < 1.29 is 0 Å². The highest BCUT2D eigenvalue weighted by atomic mass is 14.9. The van der Waals surface area contributed by atoms with Crippen molar-refractivity contribution >= 4 is 0 Å².